The molecule has 3 rings (SSSR count). The lowest BCUT2D eigenvalue weighted by Crippen LogP contribution is -2.32. The Morgan fingerprint density at radius 3 is 2.84 bits per heavy atom. The predicted octanol–water partition coefficient (Wildman–Crippen LogP) is 4.11. The summed E-state index contributed by atoms with van der Waals surface area (Å²) in [5.41, 5.74) is 2.75. The van der Waals surface area contributed by atoms with Crippen molar-refractivity contribution in [1.29, 1.82) is 0 Å². The fraction of sp³-hybridized carbons (Fsp3) is 0.625. The van der Waals surface area contributed by atoms with Crippen LogP contribution in [0.4, 0.5) is 5.69 Å². The van der Waals surface area contributed by atoms with Gasteiger partial charge < -0.3 is 10.2 Å². The van der Waals surface area contributed by atoms with Crippen molar-refractivity contribution in [2.24, 2.45) is 5.92 Å². The summed E-state index contributed by atoms with van der Waals surface area (Å²) in [6, 6.07) is 8.07. The molecular formula is C16H23BrN2. The Bertz CT molecular complexity index is 460. The first kappa shape index (κ1) is 13.4. The van der Waals surface area contributed by atoms with Crippen molar-refractivity contribution in [3.8, 4) is 0 Å². The third-order valence-electron chi connectivity index (χ3n) is 4.70. The minimum absolute atomic E-state index is 0.422. The van der Waals surface area contributed by atoms with Gasteiger partial charge in [-0.05, 0) is 72.3 Å². The van der Waals surface area contributed by atoms with Gasteiger partial charge in [-0.15, -0.1) is 0 Å². The van der Waals surface area contributed by atoms with Gasteiger partial charge >= 0.3 is 0 Å². The molecule has 0 amide bonds. The van der Waals surface area contributed by atoms with Crippen molar-refractivity contribution >= 4 is 21.6 Å². The van der Waals surface area contributed by atoms with Gasteiger partial charge in [0.15, 0.2) is 0 Å². The second-order valence-electron chi connectivity index (χ2n) is 5.98. The van der Waals surface area contributed by atoms with E-state index in [4.69, 9.17) is 0 Å². The van der Waals surface area contributed by atoms with E-state index in [1.165, 1.54) is 41.5 Å². The van der Waals surface area contributed by atoms with E-state index in [1.54, 1.807) is 0 Å². The first-order chi connectivity index (χ1) is 9.19. The van der Waals surface area contributed by atoms with Crippen LogP contribution in [-0.2, 0) is 0 Å². The van der Waals surface area contributed by atoms with Crippen LogP contribution in [0.25, 0.3) is 0 Å². The summed E-state index contributed by atoms with van der Waals surface area (Å²) in [6.45, 7) is 6.64. The molecule has 3 atom stereocenters. The van der Waals surface area contributed by atoms with E-state index in [1.807, 2.05) is 0 Å². The Balaban J connectivity index is 1.80. The van der Waals surface area contributed by atoms with Gasteiger partial charge in [0.2, 0.25) is 0 Å². The zero-order chi connectivity index (χ0) is 13.4. The maximum absolute atomic E-state index is 3.78. The van der Waals surface area contributed by atoms with E-state index in [0.29, 0.717) is 6.04 Å². The van der Waals surface area contributed by atoms with Crippen molar-refractivity contribution in [2.75, 3.05) is 18.0 Å². The number of nitrogens with zero attached hydrogens (tertiary/aromatic N) is 1. The second kappa shape index (κ2) is 5.45. The highest BCUT2D eigenvalue weighted by atomic mass is 79.9. The molecule has 1 heterocycles. The van der Waals surface area contributed by atoms with E-state index < -0.39 is 0 Å². The van der Waals surface area contributed by atoms with Gasteiger partial charge in [-0.2, -0.15) is 0 Å². The fourth-order valence-electron chi connectivity index (χ4n) is 3.67. The largest absolute Gasteiger partial charge is 0.367 e. The number of anilines is 1. The van der Waals surface area contributed by atoms with Crippen LogP contribution in [0.5, 0.6) is 0 Å². The van der Waals surface area contributed by atoms with Crippen molar-refractivity contribution in [3.05, 3.63) is 28.2 Å². The van der Waals surface area contributed by atoms with E-state index in [-0.39, 0.29) is 0 Å². The maximum Gasteiger partial charge on any atom is 0.0513 e. The number of nitrogens with one attached hydrogen (secondary N) is 1. The molecule has 2 fully saturated rings. The van der Waals surface area contributed by atoms with Crippen LogP contribution < -0.4 is 10.2 Å². The Labute approximate surface area is 124 Å². The quantitative estimate of drug-likeness (QED) is 0.897. The molecule has 1 aliphatic carbocycles. The second-order valence-corrected chi connectivity index (χ2v) is 6.83. The SMILES string of the molecule is CCNC(C)c1ccc(N2CC3CCC2C3)c(Br)c1. The van der Waals surface area contributed by atoms with Crippen LogP contribution in [0.3, 0.4) is 0 Å². The van der Waals surface area contributed by atoms with Gasteiger partial charge in [0.1, 0.15) is 0 Å². The van der Waals surface area contributed by atoms with Crippen LogP contribution in [0.15, 0.2) is 22.7 Å². The van der Waals surface area contributed by atoms with Gasteiger partial charge in [0.25, 0.3) is 0 Å². The van der Waals surface area contributed by atoms with Gasteiger partial charge in [-0.1, -0.05) is 13.0 Å². The normalized spacial score (nSPS) is 27.0. The highest BCUT2D eigenvalue weighted by molar-refractivity contribution is 9.10. The Morgan fingerprint density at radius 1 is 1.42 bits per heavy atom. The van der Waals surface area contributed by atoms with E-state index in [2.05, 4.69) is 58.2 Å². The molecule has 1 N–H and O–H groups in total. The van der Waals surface area contributed by atoms with Crippen molar-refractivity contribution in [3.63, 3.8) is 0 Å². The summed E-state index contributed by atoms with van der Waals surface area (Å²) in [7, 11) is 0. The number of hydrogen-bond donors (Lipinski definition) is 1. The lowest BCUT2D eigenvalue weighted by molar-refractivity contribution is 0.553. The van der Waals surface area contributed by atoms with Crippen molar-refractivity contribution < 1.29 is 0 Å². The predicted molar refractivity (Wildman–Crippen MR) is 84.7 cm³/mol. The third kappa shape index (κ3) is 2.55. The molecule has 1 aliphatic heterocycles. The molecule has 1 saturated carbocycles. The first-order valence-corrected chi connectivity index (χ1v) is 8.27. The summed E-state index contributed by atoms with van der Waals surface area (Å²) in [5, 5.41) is 3.47. The van der Waals surface area contributed by atoms with Gasteiger partial charge in [0.05, 0.1) is 5.69 Å². The molecule has 3 unspecified atom stereocenters. The number of benzene rings is 1. The number of piperidine rings is 1. The van der Waals surface area contributed by atoms with Crippen LogP contribution in [0.1, 0.15) is 44.7 Å². The molecule has 3 heteroatoms. The standard InChI is InChI=1S/C16H23BrN2/c1-3-18-11(2)13-5-7-16(15(17)9-13)19-10-12-4-6-14(19)8-12/h5,7,9,11-12,14,18H,3-4,6,8,10H2,1-2H3. The molecule has 1 aromatic carbocycles. The summed E-state index contributed by atoms with van der Waals surface area (Å²) in [6.07, 6.45) is 4.23. The maximum atomic E-state index is 3.78. The molecule has 104 valence electrons. The third-order valence-corrected chi connectivity index (χ3v) is 5.34. The van der Waals surface area contributed by atoms with Crippen LogP contribution >= 0.6 is 15.9 Å². The van der Waals surface area contributed by atoms with E-state index >= 15 is 0 Å². The number of fused-ring (bicyclic) bond motifs is 2. The molecule has 2 nitrogen and oxygen atoms in total. The molecule has 1 aromatic rings. The monoisotopic (exact) mass is 322 g/mol. The van der Waals surface area contributed by atoms with Gasteiger partial charge in [-0.3, -0.25) is 0 Å². The zero-order valence-electron chi connectivity index (χ0n) is 11.8. The highest BCUT2D eigenvalue weighted by Crippen LogP contribution is 2.42. The Kier molecular flexibility index (Phi) is 3.86. The number of halogens is 1. The Morgan fingerprint density at radius 2 is 2.26 bits per heavy atom. The van der Waals surface area contributed by atoms with Crippen molar-refractivity contribution in [2.45, 2.75) is 45.2 Å². The van der Waals surface area contributed by atoms with Crippen LogP contribution in [-0.4, -0.2) is 19.1 Å². The summed E-state index contributed by atoms with van der Waals surface area (Å²) < 4.78 is 1.25. The molecule has 1 saturated heterocycles. The zero-order valence-corrected chi connectivity index (χ0v) is 13.4. The average Bonchev–Trinajstić information content (AvgIpc) is 3.01. The van der Waals surface area contributed by atoms with E-state index in [9.17, 15) is 0 Å². The molecule has 0 spiro atoms. The Hall–Kier alpha value is -0.540. The lowest BCUT2D eigenvalue weighted by atomic mass is 10.1. The minimum Gasteiger partial charge on any atom is -0.367 e. The topological polar surface area (TPSA) is 15.3 Å². The summed E-state index contributed by atoms with van der Waals surface area (Å²) >= 11 is 3.78. The van der Waals surface area contributed by atoms with Gasteiger partial charge in [0, 0.05) is 23.1 Å². The highest BCUT2D eigenvalue weighted by Gasteiger charge is 2.38. The lowest BCUT2D eigenvalue weighted by Gasteiger charge is -2.30. The number of rotatable bonds is 4. The molecular weight excluding hydrogens is 300 g/mol. The molecule has 19 heavy (non-hydrogen) atoms. The molecule has 2 aliphatic rings. The summed E-state index contributed by atoms with van der Waals surface area (Å²) in [5.74, 6) is 0.942. The molecule has 0 radical (unpaired) electrons. The molecule has 0 aromatic heterocycles. The fourth-order valence-corrected chi connectivity index (χ4v) is 4.29. The van der Waals surface area contributed by atoms with E-state index in [0.717, 1.165) is 18.5 Å². The molecule has 2 bridgehead atoms. The number of hydrogen-bond acceptors (Lipinski definition) is 2. The minimum atomic E-state index is 0.422. The van der Waals surface area contributed by atoms with Crippen LogP contribution in [0.2, 0.25) is 0 Å². The first-order valence-electron chi connectivity index (χ1n) is 7.48. The van der Waals surface area contributed by atoms with Crippen LogP contribution in [0, 0.1) is 5.92 Å². The van der Waals surface area contributed by atoms with Crippen molar-refractivity contribution in [1.82, 2.24) is 5.32 Å². The van der Waals surface area contributed by atoms with Gasteiger partial charge in [-0.25, -0.2) is 0 Å². The average molecular weight is 323 g/mol. The summed E-state index contributed by atoms with van der Waals surface area (Å²) in [4.78, 5) is 2.61. The smallest absolute Gasteiger partial charge is 0.0513 e.